The van der Waals surface area contributed by atoms with Gasteiger partial charge in [0.15, 0.2) is 0 Å². The predicted octanol–water partition coefficient (Wildman–Crippen LogP) is 1.79. The molecule has 0 unspecified atom stereocenters. The summed E-state index contributed by atoms with van der Waals surface area (Å²) in [7, 11) is 1.16. The fourth-order valence-corrected chi connectivity index (χ4v) is 1.48. The maximum absolute atomic E-state index is 11.5. The van der Waals surface area contributed by atoms with E-state index in [1.807, 2.05) is 0 Å². The summed E-state index contributed by atoms with van der Waals surface area (Å²) in [5.74, 6) is -1.91. The topological polar surface area (TPSA) is 107 Å². The van der Waals surface area contributed by atoms with Crippen molar-refractivity contribution in [3.8, 4) is 0 Å². The number of nitro groups is 1. The van der Waals surface area contributed by atoms with E-state index in [1.54, 1.807) is 6.92 Å². The summed E-state index contributed by atoms with van der Waals surface area (Å²) in [5, 5.41) is 19.3. The van der Waals surface area contributed by atoms with Crippen molar-refractivity contribution in [2.24, 2.45) is 0 Å². The third-order valence-electron chi connectivity index (χ3n) is 2.45. The van der Waals surface area contributed by atoms with Crippen LogP contribution in [0.15, 0.2) is 18.2 Å². The second-order valence-corrected chi connectivity index (χ2v) is 3.63. The van der Waals surface area contributed by atoms with Gasteiger partial charge in [-0.3, -0.25) is 10.1 Å². The molecule has 0 saturated heterocycles. The molecule has 0 radical (unpaired) electrons. The lowest BCUT2D eigenvalue weighted by Gasteiger charge is -2.07. The highest BCUT2D eigenvalue weighted by Gasteiger charge is 2.18. The van der Waals surface area contributed by atoms with E-state index in [0.717, 1.165) is 19.3 Å². The average Bonchev–Trinajstić information content (AvgIpc) is 2.36. The Morgan fingerprint density at radius 3 is 2.53 bits per heavy atom. The number of non-ortho nitro benzene ring substituents is 1. The largest absolute Gasteiger partial charge is 0.478 e. The molecular formula is C12H11NO6. The molecule has 0 amide bonds. The molecule has 1 aromatic rings. The first kappa shape index (κ1) is 14.4. The van der Waals surface area contributed by atoms with Crippen molar-refractivity contribution in [2.45, 2.75) is 6.92 Å². The minimum atomic E-state index is -1.19. The van der Waals surface area contributed by atoms with Crippen LogP contribution in [0, 0.1) is 17.0 Å². The third-order valence-corrected chi connectivity index (χ3v) is 2.45. The second kappa shape index (κ2) is 5.76. The zero-order valence-electron chi connectivity index (χ0n) is 10.2. The summed E-state index contributed by atoms with van der Waals surface area (Å²) in [5.41, 5.74) is 0.407. The number of benzene rings is 1. The van der Waals surface area contributed by atoms with Crippen molar-refractivity contribution >= 4 is 23.7 Å². The molecule has 0 heterocycles. The van der Waals surface area contributed by atoms with Gasteiger partial charge in [0.1, 0.15) is 0 Å². The highest BCUT2D eigenvalue weighted by Crippen LogP contribution is 2.24. The number of hydrogen-bond acceptors (Lipinski definition) is 5. The number of aliphatic carboxylic acids is 1. The van der Waals surface area contributed by atoms with Crippen LogP contribution in [0.25, 0.3) is 6.08 Å². The Bertz CT molecular complexity index is 576. The highest BCUT2D eigenvalue weighted by molar-refractivity contribution is 5.94. The number of carbonyl (C=O) groups excluding carboxylic acids is 1. The van der Waals surface area contributed by atoms with Crippen LogP contribution in [0.4, 0.5) is 5.69 Å². The quantitative estimate of drug-likeness (QED) is 0.385. The SMILES string of the molecule is COC(=O)c1cc([N+](=O)[O-])cc(C=CC(=O)O)c1C. The van der Waals surface area contributed by atoms with Crippen molar-refractivity contribution in [3.05, 3.63) is 45.0 Å². The number of esters is 1. The van der Waals surface area contributed by atoms with Crippen molar-refractivity contribution in [1.82, 2.24) is 0 Å². The van der Waals surface area contributed by atoms with Crippen LogP contribution in [0.5, 0.6) is 0 Å². The molecule has 0 fully saturated rings. The van der Waals surface area contributed by atoms with Gasteiger partial charge in [0.05, 0.1) is 17.6 Å². The summed E-state index contributed by atoms with van der Waals surface area (Å²) in [6, 6.07) is 2.29. The van der Waals surface area contributed by atoms with E-state index in [0.29, 0.717) is 5.56 Å². The third kappa shape index (κ3) is 3.38. The lowest BCUT2D eigenvalue weighted by molar-refractivity contribution is -0.384. The summed E-state index contributed by atoms with van der Waals surface area (Å²) >= 11 is 0. The number of methoxy groups -OCH3 is 1. The van der Waals surface area contributed by atoms with Gasteiger partial charge in [-0.05, 0) is 24.1 Å². The Labute approximate surface area is 108 Å². The minimum absolute atomic E-state index is 0.0294. The zero-order valence-corrected chi connectivity index (χ0v) is 10.2. The minimum Gasteiger partial charge on any atom is -0.478 e. The molecule has 0 aliphatic rings. The van der Waals surface area contributed by atoms with Crippen molar-refractivity contribution < 1.29 is 24.4 Å². The van der Waals surface area contributed by atoms with Gasteiger partial charge in [-0.1, -0.05) is 0 Å². The van der Waals surface area contributed by atoms with Crippen LogP contribution >= 0.6 is 0 Å². The van der Waals surface area contributed by atoms with Crippen molar-refractivity contribution in [2.75, 3.05) is 7.11 Å². The van der Waals surface area contributed by atoms with E-state index in [-0.39, 0.29) is 16.8 Å². The molecule has 0 aliphatic carbocycles. The number of nitrogens with zero attached hydrogens (tertiary/aromatic N) is 1. The van der Waals surface area contributed by atoms with E-state index < -0.39 is 16.9 Å². The van der Waals surface area contributed by atoms with E-state index in [4.69, 9.17) is 5.11 Å². The fourth-order valence-electron chi connectivity index (χ4n) is 1.48. The molecule has 0 spiro atoms. The number of nitro benzene ring substituents is 1. The number of carbonyl (C=O) groups is 2. The summed E-state index contributed by atoms with van der Waals surface area (Å²) in [6.07, 6.45) is 2.03. The Hall–Kier alpha value is -2.70. The molecule has 0 saturated carbocycles. The smallest absolute Gasteiger partial charge is 0.338 e. The summed E-state index contributed by atoms with van der Waals surface area (Å²) in [6.45, 7) is 1.55. The Morgan fingerprint density at radius 1 is 1.42 bits per heavy atom. The standard InChI is InChI=1S/C12H11NO6/c1-7-8(3-4-11(14)15)5-9(13(17)18)6-10(7)12(16)19-2/h3-6H,1-2H3,(H,14,15). The zero-order chi connectivity index (χ0) is 14.6. The summed E-state index contributed by atoms with van der Waals surface area (Å²) in [4.78, 5) is 32.1. The maximum atomic E-state index is 11.5. The van der Waals surface area contributed by atoms with E-state index in [2.05, 4.69) is 4.74 Å². The van der Waals surface area contributed by atoms with Crippen LogP contribution in [0.3, 0.4) is 0 Å². The average molecular weight is 265 g/mol. The number of carboxylic acid groups (broad SMARTS) is 1. The second-order valence-electron chi connectivity index (χ2n) is 3.63. The van der Waals surface area contributed by atoms with Crippen LogP contribution in [0.2, 0.25) is 0 Å². The van der Waals surface area contributed by atoms with Crippen LogP contribution < -0.4 is 0 Å². The molecule has 1 aromatic carbocycles. The first-order valence-corrected chi connectivity index (χ1v) is 5.15. The van der Waals surface area contributed by atoms with Gasteiger partial charge in [0.2, 0.25) is 0 Å². The number of carboxylic acids is 1. The summed E-state index contributed by atoms with van der Waals surface area (Å²) < 4.78 is 4.53. The van der Waals surface area contributed by atoms with Gasteiger partial charge in [-0.25, -0.2) is 9.59 Å². The first-order chi connectivity index (χ1) is 8.86. The number of ether oxygens (including phenoxy) is 1. The van der Waals surface area contributed by atoms with E-state index >= 15 is 0 Å². The van der Waals surface area contributed by atoms with Crippen molar-refractivity contribution in [1.29, 1.82) is 0 Å². The molecule has 1 rings (SSSR count). The lowest BCUT2D eigenvalue weighted by atomic mass is 10.0. The molecule has 100 valence electrons. The van der Waals surface area contributed by atoms with Gasteiger partial charge >= 0.3 is 11.9 Å². The molecule has 7 nitrogen and oxygen atoms in total. The fraction of sp³-hybridized carbons (Fsp3) is 0.167. The Morgan fingerprint density at radius 2 is 2.05 bits per heavy atom. The molecule has 0 atom stereocenters. The molecule has 19 heavy (non-hydrogen) atoms. The number of hydrogen-bond donors (Lipinski definition) is 1. The van der Waals surface area contributed by atoms with Gasteiger partial charge < -0.3 is 9.84 Å². The van der Waals surface area contributed by atoms with E-state index in [9.17, 15) is 19.7 Å². The van der Waals surface area contributed by atoms with Gasteiger partial charge in [-0.15, -0.1) is 0 Å². The maximum Gasteiger partial charge on any atom is 0.338 e. The first-order valence-electron chi connectivity index (χ1n) is 5.15. The van der Waals surface area contributed by atoms with Crippen LogP contribution in [-0.4, -0.2) is 29.1 Å². The van der Waals surface area contributed by atoms with Gasteiger partial charge in [-0.2, -0.15) is 0 Å². The monoisotopic (exact) mass is 265 g/mol. The highest BCUT2D eigenvalue weighted by atomic mass is 16.6. The Kier molecular flexibility index (Phi) is 4.36. The van der Waals surface area contributed by atoms with E-state index in [1.165, 1.54) is 12.1 Å². The molecule has 0 bridgehead atoms. The molecular weight excluding hydrogens is 254 g/mol. The van der Waals surface area contributed by atoms with Gasteiger partial charge in [0, 0.05) is 18.2 Å². The lowest BCUT2D eigenvalue weighted by Crippen LogP contribution is -2.06. The van der Waals surface area contributed by atoms with Crippen molar-refractivity contribution in [3.63, 3.8) is 0 Å². The molecule has 0 aromatic heterocycles. The molecule has 0 aliphatic heterocycles. The Balaban J connectivity index is 3.45. The predicted molar refractivity (Wildman–Crippen MR) is 65.8 cm³/mol. The van der Waals surface area contributed by atoms with Gasteiger partial charge in [0.25, 0.3) is 5.69 Å². The molecule has 1 N–H and O–H groups in total. The van der Waals surface area contributed by atoms with Crippen LogP contribution in [0.1, 0.15) is 21.5 Å². The number of rotatable bonds is 4. The van der Waals surface area contributed by atoms with Crippen LogP contribution in [-0.2, 0) is 9.53 Å². The normalized spacial score (nSPS) is 10.4. The molecule has 7 heteroatoms.